The summed E-state index contributed by atoms with van der Waals surface area (Å²) in [5.74, 6) is 2.17. The third kappa shape index (κ3) is 3.95. The number of nitrogens with one attached hydrogen (secondary N) is 1. The van der Waals surface area contributed by atoms with E-state index in [0.29, 0.717) is 30.4 Å². The van der Waals surface area contributed by atoms with Gasteiger partial charge in [-0.15, -0.1) is 0 Å². The van der Waals surface area contributed by atoms with E-state index in [1.807, 2.05) is 29.2 Å². The molecular formula is C27H34N2O4. The smallest absolute Gasteiger partial charge is 0.245 e. The Bertz CT molecular complexity index is 1010. The van der Waals surface area contributed by atoms with Crippen LogP contribution in [0.1, 0.15) is 63.0 Å². The second-order valence-corrected chi connectivity index (χ2v) is 9.24. The number of fused-ring (bicyclic) bond motifs is 5. The lowest BCUT2D eigenvalue weighted by Gasteiger charge is -2.23. The zero-order chi connectivity index (χ0) is 22.7. The van der Waals surface area contributed by atoms with Crippen LogP contribution in [0.3, 0.4) is 0 Å². The van der Waals surface area contributed by atoms with Gasteiger partial charge in [-0.2, -0.15) is 0 Å². The first-order valence-corrected chi connectivity index (χ1v) is 12.4. The van der Waals surface area contributed by atoms with Gasteiger partial charge in [0.15, 0.2) is 11.5 Å². The van der Waals surface area contributed by atoms with Gasteiger partial charge in [0.1, 0.15) is 17.8 Å². The van der Waals surface area contributed by atoms with Crippen LogP contribution in [-0.4, -0.2) is 38.9 Å². The Hall–Kier alpha value is -2.73. The lowest BCUT2D eigenvalue weighted by atomic mass is 9.77. The highest BCUT2D eigenvalue weighted by Crippen LogP contribution is 2.54. The minimum atomic E-state index is -0.807. The number of anilines is 1. The molecule has 0 saturated carbocycles. The van der Waals surface area contributed by atoms with E-state index in [1.165, 1.54) is 38.5 Å². The van der Waals surface area contributed by atoms with Crippen molar-refractivity contribution in [2.75, 3.05) is 37.9 Å². The van der Waals surface area contributed by atoms with Gasteiger partial charge in [-0.25, -0.2) is 0 Å². The minimum Gasteiger partial charge on any atom is -0.491 e. The van der Waals surface area contributed by atoms with E-state index in [-0.39, 0.29) is 12.7 Å². The van der Waals surface area contributed by atoms with Gasteiger partial charge in [0.2, 0.25) is 12.7 Å². The predicted octanol–water partition coefficient (Wildman–Crippen LogP) is 4.78. The van der Waals surface area contributed by atoms with Crippen molar-refractivity contribution in [1.82, 2.24) is 5.32 Å². The number of carbonyl (C=O) groups excluding carboxylic acids is 1. The molecule has 0 radical (unpaired) electrons. The lowest BCUT2D eigenvalue weighted by Crippen LogP contribution is -2.43. The number of carbonyl (C=O) groups is 1. The second kappa shape index (κ2) is 9.64. The molecule has 0 aliphatic carbocycles. The molecule has 6 heteroatoms. The topological polar surface area (TPSA) is 60.0 Å². The molecular weight excluding hydrogens is 416 g/mol. The highest BCUT2D eigenvalue weighted by Gasteiger charge is 2.57. The van der Waals surface area contributed by atoms with E-state index in [4.69, 9.17) is 14.2 Å². The van der Waals surface area contributed by atoms with Crippen molar-refractivity contribution in [3.05, 3.63) is 47.5 Å². The second-order valence-electron chi connectivity index (χ2n) is 9.24. The normalized spacial score (nSPS) is 19.8. The SMILES string of the molecule is CCCCCCCCNCCCN1C(=O)C2(COc3cc4c(cc32)OCO4)c2ccccc21. The summed E-state index contributed by atoms with van der Waals surface area (Å²) in [5, 5.41) is 3.55. The average Bonchev–Trinajstić information content (AvgIpc) is 3.51. The highest BCUT2D eigenvalue weighted by molar-refractivity contribution is 6.11. The number of nitrogens with zero attached hydrogens (tertiary/aromatic N) is 1. The molecule has 0 bridgehead atoms. The summed E-state index contributed by atoms with van der Waals surface area (Å²) in [6.07, 6.45) is 8.76. The molecule has 1 spiro atoms. The van der Waals surface area contributed by atoms with Gasteiger partial charge in [0.05, 0.1) is 0 Å². The molecule has 1 unspecified atom stereocenters. The maximum Gasteiger partial charge on any atom is 0.245 e. The summed E-state index contributed by atoms with van der Waals surface area (Å²) in [7, 11) is 0. The number of unbranched alkanes of at least 4 members (excludes halogenated alkanes) is 5. The van der Waals surface area contributed by atoms with Gasteiger partial charge < -0.3 is 24.4 Å². The van der Waals surface area contributed by atoms with Gasteiger partial charge in [0.25, 0.3) is 0 Å². The highest BCUT2D eigenvalue weighted by atomic mass is 16.7. The van der Waals surface area contributed by atoms with Crippen molar-refractivity contribution in [2.45, 2.75) is 57.3 Å². The van der Waals surface area contributed by atoms with Crippen LogP contribution >= 0.6 is 0 Å². The molecule has 1 N–H and O–H groups in total. The van der Waals surface area contributed by atoms with E-state index >= 15 is 0 Å². The molecule has 1 amide bonds. The van der Waals surface area contributed by atoms with Crippen molar-refractivity contribution in [3.8, 4) is 17.2 Å². The van der Waals surface area contributed by atoms with E-state index in [1.54, 1.807) is 0 Å². The first kappa shape index (κ1) is 22.1. The van der Waals surface area contributed by atoms with Crippen LogP contribution in [0.15, 0.2) is 36.4 Å². The monoisotopic (exact) mass is 450 g/mol. The fraction of sp³-hybridized carbons (Fsp3) is 0.519. The van der Waals surface area contributed by atoms with E-state index in [0.717, 1.165) is 36.3 Å². The van der Waals surface area contributed by atoms with Crippen molar-refractivity contribution in [1.29, 1.82) is 0 Å². The van der Waals surface area contributed by atoms with Gasteiger partial charge >= 0.3 is 0 Å². The largest absolute Gasteiger partial charge is 0.491 e. The molecule has 0 aromatic heterocycles. The minimum absolute atomic E-state index is 0.0947. The summed E-state index contributed by atoms with van der Waals surface area (Å²) in [6.45, 7) is 5.43. The van der Waals surface area contributed by atoms with E-state index < -0.39 is 5.41 Å². The summed E-state index contributed by atoms with van der Waals surface area (Å²) in [6, 6.07) is 11.9. The fourth-order valence-electron chi connectivity index (χ4n) is 5.30. The number of ether oxygens (including phenoxy) is 3. The number of rotatable bonds is 11. The third-order valence-corrected chi connectivity index (χ3v) is 7.09. The quantitative estimate of drug-likeness (QED) is 0.499. The molecule has 33 heavy (non-hydrogen) atoms. The standard InChI is InChI=1S/C27H34N2O4/c1-2-3-4-5-6-9-13-28-14-10-15-29-22-12-8-7-11-20(22)27(26(29)30)18-31-23-17-25-24(16-21(23)27)32-19-33-25/h7-8,11-12,16-17,28H,2-6,9-10,13-15,18-19H2,1H3. The lowest BCUT2D eigenvalue weighted by molar-refractivity contribution is -0.122. The summed E-state index contributed by atoms with van der Waals surface area (Å²) in [4.78, 5) is 15.8. The molecule has 2 aromatic carbocycles. The number of para-hydroxylation sites is 1. The van der Waals surface area contributed by atoms with Crippen molar-refractivity contribution < 1.29 is 19.0 Å². The van der Waals surface area contributed by atoms with Crippen molar-refractivity contribution >= 4 is 11.6 Å². The van der Waals surface area contributed by atoms with Gasteiger partial charge in [0, 0.05) is 23.9 Å². The maximum atomic E-state index is 13.9. The summed E-state index contributed by atoms with van der Waals surface area (Å²) < 4.78 is 17.2. The molecule has 0 fully saturated rings. The van der Waals surface area contributed by atoms with Crippen LogP contribution in [0.4, 0.5) is 5.69 Å². The van der Waals surface area contributed by atoms with Crippen LogP contribution in [0.25, 0.3) is 0 Å². The fourth-order valence-corrected chi connectivity index (χ4v) is 5.30. The number of amides is 1. The van der Waals surface area contributed by atoms with E-state index in [9.17, 15) is 4.79 Å². The number of benzene rings is 2. The number of hydrogen-bond donors (Lipinski definition) is 1. The Labute approximate surface area is 196 Å². The van der Waals surface area contributed by atoms with Crippen LogP contribution in [-0.2, 0) is 10.2 Å². The average molecular weight is 451 g/mol. The van der Waals surface area contributed by atoms with Crippen molar-refractivity contribution in [3.63, 3.8) is 0 Å². The Morgan fingerprint density at radius 2 is 1.64 bits per heavy atom. The molecule has 3 aliphatic heterocycles. The molecule has 1 atom stereocenters. The van der Waals surface area contributed by atoms with Crippen LogP contribution in [0.5, 0.6) is 17.2 Å². The molecule has 0 saturated heterocycles. The van der Waals surface area contributed by atoms with Crippen LogP contribution in [0.2, 0.25) is 0 Å². The first-order chi connectivity index (χ1) is 16.3. The number of hydrogen-bond acceptors (Lipinski definition) is 5. The molecule has 3 aliphatic rings. The Balaban J connectivity index is 1.24. The molecule has 176 valence electrons. The molecule has 2 aromatic rings. The van der Waals surface area contributed by atoms with E-state index in [2.05, 4.69) is 24.4 Å². The van der Waals surface area contributed by atoms with Crippen LogP contribution < -0.4 is 24.4 Å². The zero-order valence-corrected chi connectivity index (χ0v) is 19.5. The Morgan fingerprint density at radius 1 is 0.879 bits per heavy atom. The van der Waals surface area contributed by atoms with Gasteiger partial charge in [-0.3, -0.25) is 4.79 Å². The predicted molar refractivity (Wildman–Crippen MR) is 128 cm³/mol. The summed E-state index contributed by atoms with van der Waals surface area (Å²) >= 11 is 0. The molecule has 6 nitrogen and oxygen atoms in total. The third-order valence-electron chi connectivity index (χ3n) is 7.09. The Morgan fingerprint density at radius 3 is 2.52 bits per heavy atom. The summed E-state index contributed by atoms with van der Waals surface area (Å²) in [5.41, 5.74) is 2.09. The van der Waals surface area contributed by atoms with Crippen molar-refractivity contribution in [2.24, 2.45) is 0 Å². The zero-order valence-electron chi connectivity index (χ0n) is 19.5. The van der Waals surface area contributed by atoms with Crippen LogP contribution in [0, 0.1) is 0 Å². The van der Waals surface area contributed by atoms with Gasteiger partial charge in [-0.1, -0.05) is 57.2 Å². The molecule has 5 rings (SSSR count). The molecule has 3 heterocycles. The Kier molecular flexibility index (Phi) is 6.45. The maximum absolute atomic E-state index is 13.9. The van der Waals surface area contributed by atoms with Gasteiger partial charge in [-0.05, 0) is 43.6 Å². The first-order valence-electron chi connectivity index (χ1n) is 12.4.